The standard InChI is InChI=1S/C15H28O3/c1-9-13(3,4)18-12-14(5,6)11(15(12,7)8)17-10(2)16/h11-12H,9H2,1-8H3. The molecule has 106 valence electrons. The van der Waals surface area contributed by atoms with Gasteiger partial charge in [0.1, 0.15) is 6.10 Å². The van der Waals surface area contributed by atoms with Crippen LogP contribution in [0.2, 0.25) is 0 Å². The summed E-state index contributed by atoms with van der Waals surface area (Å²) >= 11 is 0. The van der Waals surface area contributed by atoms with E-state index >= 15 is 0 Å². The summed E-state index contributed by atoms with van der Waals surface area (Å²) in [6.45, 7) is 16.3. The maximum Gasteiger partial charge on any atom is 0.302 e. The number of carbonyl (C=O) groups excluding carboxylic acids is 1. The lowest BCUT2D eigenvalue weighted by Crippen LogP contribution is -2.70. The quantitative estimate of drug-likeness (QED) is 0.721. The molecule has 0 unspecified atom stereocenters. The summed E-state index contributed by atoms with van der Waals surface area (Å²) in [5.74, 6) is -0.214. The summed E-state index contributed by atoms with van der Waals surface area (Å²) in [5, 5.41) is 0. The molecule has 0 aromatic heterocycles. The van der Waals surface area contributed by atoms with Crippen molar-refractivity contribution in [2.75, 3.05) is 0 Å². The Morgan fingerprint density at radius 2 is 1.56 bits per heavy atom. The Labute approximate surface area is 111 Å². The van der Waals surface area contributed by atoms with Crippen molar-refractivity contribution < 1.29 is 14.3 Å². The molecule has 0 amide bonds. The van der Waals surface area contributed by atoms with Crippen LogP contribution in [-0.4, -0.2) is 23.8 Å². The largest absolute Gasteiger partial charge is 0.461 e. The summed E-state index contributed by atoms with van der Waals surface area (Å²) in [6, 6.07) is 0. The van der Waals surface area contributed by atoms with Gasteiger partial charge < -0.3 is 9.47 Å². The van der Waals surface area contributed by atoms with Crippen molar-refractivity contribution in [1.82, 2.24) is 0 Å². The Bertz CT molecular complexity index is 313. The van der Waals surface area contributed by atoms with E-state index in [1.165, 1.54) is 6.92 Å². The van der Waals surface area contributed by atoms with Crippen LogP contribution in [0.5, 0.6) is 0 Å². The van der Waals surface area contributed by atoms with E-state index in [0.717, 1.165) is 6.42 Å². The van der Waals surface area contributed by atoms with Gasteiger partial charge in [0.2, 0.25) is 0 Å². The minimum Gasteiger partial charge on any atom is -0.461 e. The molecule has 18 heavy (non-hydrogen) atoms. The van der Waals surface area contributed by atoms with Gasteiger partial charge >= 0.3 is 5.97 Å². The second kappa shape index (κ2) is 4.52. The molecular weight excluding hydrogens is 228 g/mol. The van der Waals surface area contributed by atoms with Crippen LogP contribution >= 0.6 is 0 Å². The molecule has 1 aliphatic carbocycles. The van der Waals surface area contributed by atoms with E-state index in [4.69, 9.17) is 9.47 Å². The third-order valence-electron chi connectivity index (χ3n) is 4.28. The topological polar surface area (TPSA) is 35.5 Å². The number of hydrogen-bond acceptors (Lipinski definition) is 3. The molecule has 3 heteroatoms. The highest BCUT2D eigenvalue weighted by molar-refractivity contribution is 5.66. The Kier molecular flexibility index (Phi) is 3.89. The first kappa shape index (κ1) is 15.5. The molecule has 1 rings (SSSR count). The molecular formula is C15H28O3. The van der Waals surface area contributed by atoms with E-state index in [-0.39, 0.29) is 34.6 Å². The number of rotatable bonds is 4. The Morgan fingerprint density at radius 3 is 1.89 bits per heavy atom. The molecule has 0 aromatic carbocycles. The van der Waals surface area contributed by atoms with Crippen LogP contribution in [0.4, 0.5) is 0 Å². The van der Waals surface area contributed by atoms with E-state index < -0.39 is 0 Å². The van der Waals surface area contributed by atoms with E-state index in [1.54, 1.807) is 0 Å². The van der Waals surface area contributed by atoms with Gasteiger partial charge in [0.25, 0.3) is 0 Å². The molecule has 0 saturated heterocycles. The number of ether oxygens (including phenoxy) is 2. The SMILES string of the molecule is CCC(C)(C)OC1C(C)(C)C(OC(C)=O)C1(C)C. The monoisotopic (exact) mass is 256 g/mol. The predicted molar refractivity (Wildman–Crippen MR) is 72.4 cm³/mol. The van der Waals surface area contributed by atoms with Crippen LogP contribution in [0.1, 0.15) is 61.8 Å². The normalized spacial score (nSPS) is 29.6. The van der Waals surface area contributed by atoms with Crippen LogP contribution < -0.4 is 0 Å². The molecule has 1 aliphatic rings. The number of esters is 1. The van der Waals surface area contributed by atoms with Gasteiger partial charge in [0.15, 0.2) is 0 Å². The second-order valence-electron chi connectivity index (χ2n) is 7.24. The average molecular weight is 256 g/mol. The summed E-state index contributed by atoms with van der Waals surface area (Å²) in [4.78, 5) is 11.2. The summed E-state index contributed by atoms with van der Waals surface area (Å²) in [5.41, 5.74) is -0.413. The highest BCUT2D eigenvalue weighted by atomic mass is 16.6. The minimum absolute atomic E-state index is 0.0832. The zero-order valence-corrected chi connectivity index (χ0v) is 13.1. The van der Waals surface area contributed by atoms with Crippen molar-refractivity contribution in [3.63, 3.8) is 0 Å². The maximum absolute atomic E-state index is 11.2. The molecule has 3 nitrogen and oxygen atoms in total. The van der Waals surface area contributed by atoms with Crippen molar-refractivity contribution in [2.45, 2.75) is 79.6 Å². The van der Waals surface area contributed by atoms with Gasteiger partial charge in [-0.05, 0) is 20.3 Å². The zero-order chi connectivity index (χ0) is 14.4. The molecule has 0 radical (unpaired) electrons. The molecule has 1 fully saturated rings. The fourth-order valence-corrected chi connectivity index (χ4v) is 3.27. The summed E-state index contributed by atoms with van der Waals surface area (Å²) < 4.78 is 11.8. The first-order chi connectivity index (χ1) is 7.95. The van der Waals surface area contributed by atoms with Crippen LogP contribution in [0.25, 0.3) is 0 Å². The van der Waals surface area contributed by atoms with E-state index in [0.29, 0.717) is 0 Å². The number of carbonyl (C=O) groups is 1. The van der Waals surface area contributed by atoms with Gasteiger partial charge in [-0.2, -0.15) is 0 Å². The first-order valence-electron chi connectivity index (χ1n) is 6.80. The van der Waals surface area contributed by atoms with E-state index in [1.807, 2.05) is 0 Å². The maximum atomic E-state index is 11.2. The third kappa shape index (κ3) is 2.56. The molecule has 0 bridgehead atoms. The molecule has 0 atom stereocenters. The van der Waals surface area contributed by atoms with Crippen molar-refractivity contribution in [2.24, 2.45) is 10.8 Å². The second-order valence-corrected chi connectivity index (χ2v) is 7.24. The first-order valence-corrected chi connectivity index (χ1v) is 6.80. The lowest BCUT2D eigenvalue weighted by Gasteiger charge is -2.63. The van der Waals surface area contributed by atoms with Crippen LogP contribution in [0.3, 0.4) is 0 Å². The molecule has 1 saturated carbocycles. The minimum atomic E-state index is -0.214. The van der Waals surface area contributed by atoms with Gasteiger partial charge in [0, 0.05) is 17.8 Å². The predicted octanol–water partition coefficient (Wildman–Crippen LogP) is 3.56. The number of hydrogen-bond donors (Lipinski definition) is 0. The van der Waals surface area contributed by atoms with Crippen molar-refractivity contribution in [3.8, 4) is 0 Å². The molecule has 0 aliphatic heterocycles. The summed E-state index contributed by atoms with van der Waals surface area (Å²) in [7, 11) is 0. The van der Waals surface area contributed by atoms with Crippen molar-refractivity contribution >= 4 is 5.97 Å². The highest BCUT2D eigenvalue weighted by Crippen LogP contribution is 2.58. The fraction of sp³-hybridized carbons (Fsp3) is 0.933. The zero-order valence-electron chi connectivity index (χ0n) is 13.1. The van der Waals surface area contributed by atoms with Crippen molar-refractivity contribution in [3.05, 3.63) is 0 Å². The third-order valence-corrected chi connectivity index (χ3v) is 4.28. The molecule has 0 aromatic rings. The molecule has 0 spiro atoms. The molecule has 0 N–H and O–H groups in total. The van der Waals surface area contributed by atoms with Gasteiger partial charge in [-0.1, -0.05) is 34.6 Å². The fourth-order valence-electron chi connectivity index (χ4n) is 3.27. The van der Waals surface area contributed by atoms with E-state index in [9.17, 15) is 4.79 Å². The lowest BCUT2D eigenvalue weighted by atomic mass is 9.50. The molecule has 0 heterocycles. The van der Waals surface area contributed by atoms with Gasteiger partial charge in [-0.3, -0.25) is 4.79 Å². The van der Waals surface area contributed by atoms with Gasteiger partial charge in [-0.25, -0.2) is 0 Å². The Hall–Kier alpha value is -0.570. The van der Waals surface area contributed by atoms with Crippen LogP contribution in [0, 0.1) is 10.8 Å². The van der Waals surface area contributed by atoms with E-state index in [2.05, 4.69) is 48.5 Å². The highest BCUT2D eigenvalue weighted by Gasteiger charge is 2.65. The van der Waals surface area contributed by atoms with Crippen LogP contribution in [0.15, 0.2) is 0 Å². The van der Waals surface area contributed by atoms with Crippen LogP contribution in [-0.2, 0) is 14.3 Å². The average Bonchev–Trinajstić information content (AvgIpc) is 2.22. The van der Waals surface area contributed by atoms with Gasteiger partial charge in [-0.15, -0.1) is 0 Å². The van der Waals surface area contributed by atoms with Crippen molar-refractivity contribution in [1.29, 1.82) is 0 Å². The Morgan fingerprint density at radius 1 is 1.11 bits per heavy atom. The summed E-state index contributed by atoms with van der Waals surface area (Å²) in [6.07, 6.45) is 0.984. The lowest BCUT2D eigenvalue weighted by molar-refractivity contribution is -0.299. The smallest absolute Gasteiger partial charge is 0.302 e. The Balaban J connectivity index is 2.87. The van der Waals surface area contributed by atoms with Gasteiger partial charge in [0.05, 0.1) is 11.7 Å².